The van der Waals surface area contributed by atoms with E-state index in [4.69, 9.17) is 10.5 Å². The molecule has 0 spiro atoms. The second-order valence-electron chi connectivity index (χ2n) is 5.36. The van der Waals surface area contributed by atoms with Crippen LogP contribution in [0.3, 0.4) is 0 Å². The number of hydrogen-bond acceptors (Lipinski definition) is 8. The molecule has 122 valence electrons. The first-order valence-corrected chi connectivity index (χ1v) is 7.59. The molecule has 0 radical (unpaired) electrons. The number of nitrogen functional groups attached to an aromatic ring is 1. The maximum absolute atomic E-state index is 5.67. The van der Waals surface area contributed by atoms with Gasteiger partial charge in [0.05, 0.1) is 30.8 Å². The first-order valence-electron chi connectivity index (χ1n) is 7.59. The molecule has 4 rings (SSSR count). The standard InChI is InChI=1S/C15H16N8O/c16-14-2-1-10(8-17-14)11-7-12(13-9-18-22-21-13)20-15(19-11)23-3-5-24-6-4-23/h1-2,7-9H,3-6H2,(H2,16,17)(H,18,21,22). The molecule has 4 heterocycles. The molecule has 0 unspecified atom stereocenters. The van der Waals surface area contributed by atoms with E-state index in [0.29, 0.717) is 36.4 Å². The van der Waals surface area contributed by atoms with Crippen LogP contribution in [0.2, 0.25) is 0 Å². The Morgan fingerprint density at radius 2 is 1.88 bits per heavy atom. The van der Waals surface area contributed by atoms with Crippen molar-refractivity contribution in [2.45, 2.75) is 0 Å². The van der Waals surface area contributed by atoms with Crippen molar-refractivity contribution in [3.8, 4) is 22.6 Å². The van der Waals surface area contributed by atoms with Gasteiger partial charge in [0.25, 0.3) is 0 Å². The van der Waals surface area contributed by atoms with E-state index in [1.165, 1.54) is 0 Å². The molecule has 3 aromatic rings. The molecule has 0 saturated carbocycles. The average molecular weight is 324 g/mol. The first-order chi connectivity index (χ1) is 11.8. The number of nitrogens with zero attached hydrogens (tertiary/aromatic N) is 6. The molecule has 0 bridgehead atoms. The van der Waals surface area contributed by atoms with Crippen molar-refractivity contribution in [1.82, 2.24) is 30.4 Å². The van der Waals surface area contributed by atoms with Gasteiger partial charge in [-0.2, -0.15) is 15.4 Å². The summed E-state index contributed by atoms with van der Waals surface area (Å²) in [6, 6.07) is 5.51. The van der Waals surface area contributed by atoms with Crippen LogP contribution in [0.1, 0.15) is 0 Å². The lowest BCUT2D eigenvalue weighted by Crippen LogP contribution is -2.37. The molecular weight excluding hydrogens is 308 g/mol. The zero-order chi connectivity index (χ0) is 16.4. The van der Waals surface area contributed by atoms with E-state index in [1.807, 2.05) is 12.1 Å². The van der Waals surface area contributed by atoms with Gasteiger partial charge in [-0.1, -0.05) is 0 Å². The number of aromatic nitrogens is 6. The topological polar surface area (TPSA) is 119 Å². The van der Waals surface area contributed by atoms with Crippen LogP contribution in [0, 0.1) is 0 Å². The molecule has 0 amide bonds. The minimum Gasteiger partial charge on any atom is -0.384 e. The Bertz CT molecular complexity index is 812. The van der Waals surface area contributed by atoms with Gasteiger partial charge in [-0.25, -0.2) is 15.0 Å². The van der Waals surface area contributed by atoms with Gasteiger partial charge in [0, 0.05) is 24.8 Å². The number of morpholine rings is 1. The summed E-state index contributed by atoms with van der Waals surface area (Å²) in [6.07, 6.45) is 3.34. The molecule has 9 nitrogen and oxygen atoms in total. The molecule has 9 heteroatoms. The zero-order valence-corrected chi connectivity index (χ0v) is 12.9. The van der Waals surface area contributed by atoms with Crippen LogP contribution in [0.5, 0.6) is 0 Å². The summed E-state index contributed by atoms with van der Waals surface area (Å²) < 4.78 is 5.40. The summed E-state index contributed by atoms with van der Waals surface area (Å²) in [6.45, 7) is 2.83. The summed E-state index contributed by atoms with van der Waals surface area (Å²) in [5.41, 5.74) is 8.66. The van der Waals surface area contributed by atoms with Crippen LogP contribution in [0.15, 0.2) is 30.6 Å². The highest BCUT2D eigenvalue weighted by molar-refractivity contribution is 5.67. The minimum absolute atomic E-state index is 0.470. The smallest absolute Gasteiger partial charge is 0.226 e. The first kappa shape index (κ1) is 14.5. The van der Waals surface area contributed by atoms with Crippen LogP contribution in [-0.4, -0.2) is 56.7 Å². The van der Waals surface area contributed by atoms with Gasteiger partial charge in [0.15, 0.2) is 0 Å². The second kappa shape index (κ2) is 6.20. The maximum atomic E-state index is 5.67. The van der Waals surface area contributed by atoms with Crippen LogP contribution in [0.25, 0.3) is 22.6 Å². The van der Waals surface area contributed by atoms with Gasteiger partial charge < -0.3 is 15.4 Å². The van der Waals surface area contributed by atoms with Gasteiger partial charge >= 0.3 is 0 Å². The van der Waals surface area contributed by atoms with E-state index in [9.17, 15) is 0 Å². The summed E-state index contributed by atoms with van der Waals surface area (Å²) in [5, 5.41) is 10.6. The van der Waals surface area contributed by atoms with Crippen molar-refractivity contribution >= 4 is 11.8 Å². The number of ether oxygens (including phenoxy) is 1. The number of H-pyrrole nitrogens is 1. The zero-order valence-electron chi connectivity index (χ0n) is 12.9. The predicted molar refractivity (Wildman–Crippen MR) is 88.1 cm³/mol. The highest BCUT2D eigenvalue weighted by Crippen LogP contribution is 2.25. The summed E-state index contributed by atoms with van der Waals surface area (Å²) in [7, 11) is 0. The lowest BCUT2D eigenvalue weighted by Gasteiger charge is -2.27. The number of pyridine rings is 1. The molecule has 1 saturated heterocycles. The number of rotatable bonds is 3. The van der Waals surface area contributed by atoms with Gasteiger partial charge in [0.1, 0.15) is 11.5 Å². The number of hydrogen-bond donors (Lipinski definition) is 2. The fourth-order valence-corrected chi connectivity index (χ4v) is 2.50. The SMILES string of the molecule is Nc1ccc(-c2cc(-c3cn[nH]n3)nc(N3CCOCC3)n2)cn1. The molecule has 0 atom stereocenters. The van der Waals surface area contributed by atoms with E-state index < -0.39 is 0 Å². The van der Waals surface area contributed by atoms with Gasteiger partial charge in [-0.15, -0.1) is 0 Å². The monoisotopic (exact) mass is 324 g/mol. The summed E-state index contributed by atoms with van der Waals surface area (Å²) >= 11 is 0. The largest absolute Gasteiger partial charge is 0.384 e. The van der Waals surface area contributed by atoms with Gasteiger partial charge in [-0.3, -0.25) is 0 Å². The summed E-state index contributed by atoms with van der Waals surface area (Å²) in [5.74, 6) is 1.11. The van der Waals surface area contributed by atoms with Gasteiger partial charge in [-0.05, 0) is 18.2 Å². The van der Waals surface area contributed by atoms with Crippen LogP contribution in [-0.2, 0) is 4.74 Å². The Hall–Kier alpha value is -3.07. The molecule has 3 aromatic heterocycles. The van der Waals surface area contributed by atoms with Crippen molar-refractivity contribution in [3.63, 3.8) is 0 Å². The van der Waals surface area contributed by atoms with E-state index in [0.717, 1.165) is 24.3 Å². The number of nitrogens with one attached hydrogen (secondary N) is 1. The van der Waals surface area contributed by atoms with Crippen LogP contribution < -0.4 is 10.6 Å². The number of aromatic amines is 1. The quantitative estimate of drug-likeness (QED) is 0.724. The third-order valence-corrected chi connectivity index (χ3v) is 3.77. The second-order valence-corrected chi connectivity index (χ2v) is 5.36. The number of anilines is 2. The van der Waals surface area contributed by atoms with E-state index >= 15 is 0 Å². The maximum Gasteiger partial charge on any atom is 0.226 e. The van der Waals surface area contributed by atoms with Crippen molar-refractivity contribution in [2.75, 3.05) is 36.9 Å². The third kappa shape index (κ3) is 2.88. The predicted octanol–water partition coefficient (Wildman–Crippen LogP) is 0.742. The number of nitrogens with two attached hydrogens (primary N) is 1. The van der Waals surface area contributed by atoms with Crippen molar-refractivity contribution in [3.05, 3.63) is 30.6 Å². The average Bonchev–Trinajstić information content (AvgIpc) is 3.17. The molecule has 1 aliphatic heterocycles. The van der Waals surface area contributed by atoms with Crippen LogP contribution >= 0.6 is 0 Å². The third-order valence-electron chi connectivity index (χ3n) is 3.77. The lowest BCUT2D eigenvalue weighted by molar-refractivity contribution is 0.122. The molecule has 0 aliphatic carbocycles. The Morgan fingerprint density at radius 3 is 2.58 bits per heavy atom. The molecule has 3 N–H and O–H groups in total. The lowest BCUT2D eigenvalue weighted by atomic mass is 10.1. The molecular formula is C15H16N8O. The van der Waals surface area contributed by atoms with E-state index in [2.05, 4.69) is 35.3 Å². The fraction of sp³-hybridized carbons (Fsp3) is 0.267. The highest BCUT2D eigenvalue weighted by Gasteiger charge is 2.17. The van der Waals surface area contributed by atoms with Crippen molar-refractivity contribution in [1.29, 1.82) is 0 Å². The highest BCUT2D eigenvalue weighted by atomic mass is 16.5. The van der Waals surface area contributed by atoms with Crippen molar-refractivity contribution in [2.24, 2.45) is 0 Å². The Morgan fingerprint density at radius 1 is 1.04 bits per heavy atom. The Labute approximate surface area is 137 Å². The minimum atomic E-state index is 0.470. The van der Waals surface area contributed by atoms with Crippen LogP contribution in [0.4, 0.5) is 11.8 Å². The molecule has 0 aromatic carbocycles. The van der Waals surface area contributed by atoms with E-state index in [-0.39, 0.29) is 0 Å². The van der Waals surface area contributed by atoms with E-state index in [1.54, 1.807) is 18.5 Å². The normalized spacial score (nSPS) is 14.8. The molecule has 24 heavy (non-hydrogen) atoms. The molecule has 1 fully saturated rings. The fourth-order valence-electron chi connectivity index (χ4n) is 2.50. The molecule has 1 aliphatic rings. The van der Waals surface area contributed by atoms with Gasteiger partial charge in [0.2, 0.25) is 5.95 Å². The summed E-state index contributed by atoms with van der Waals surface area (Å²) in [4.78, 5) is 15.6. The Balaban J connectivity index is 1.80. The van der Waals surface area contributed by atoms with Crippen molar-refractivity contribution < 1.29 is 4.74 Å². The Kier molecular flexibility index (Phi) is 3.75.